The number of carbonyl (C=O) groups is 2. The number of methoxy groups -OCH3 is 1. The lowest BCUT2D eigenvalue weighted by Gasteiger charge is -2.39. The van der Waals surface area contributed by atoms with Gasteiger partial charge in [-0.1, -0.05) is 24.3 Å². The number of ether oxygens (including phenoxy) is 1. The molecule has 0 saturated carbocycles. The molecule has 2 amide bonds. The number of carbonyl (C=O) groups excluding carboxylic acids is 2. The molecular formula is C22H24F2N2O3. The molecule has 1 saturated heterocycles. The summed E-state index contributed by atoms with van der Waals surface area (Å²) in [5.74, 6) is -1.63. The van der Waals surface area contributed by atoms with Crippen molar-refractivity contribution in [3.63, 3.8) is 0 Å². The summed E-state index contributed by atoms with van der Waals surface area (Å²) in [5, 5.41) is 0. The van der Waals surface area contributed by atoms with Gasteiger partial charge in [0.1, 0.15) is 17.7 Å². The predicted octanol–water partition coefficient (Wildman–Crippen LogP) is 2.88. The number of nitrogens with zero attached hydrogens (tertiary/aromatic N) is 2. The minimum Gasteiger partial charge on any atom is -0.384 e. The maximum Gasteiger partial charge on any atom is 0.245 e. The average molecular weight is 402 g/mol. The standard InChI is InChI=1S/C22H24F2N2O3/c1-25-8-9-26(21(27)7-10-29-2)20(22(25)28)13-15-5-3-4-6-19(15)16-11-17(23)14-18(24)12-16/h3-6,11-12,14,20H,7-10,13H2,1-2H3. The van der Waals surface area contributed by atoms with Crippen LogP contribution in [-0.4, -0.2) is 61.5 Å². The van der Waals surface area contributed by atoms with Crippen LogP contribution in [0.1, 0.15) is 12.0 Å². The van der Waals surface area contributed by atoms with Crippen LogP contribution in [0.25, 0.3) is 11.1 Å². The molecule has 0 spiro atoms. The van der Waals surface area contributed by atoms with Gasteiger partial charge in [0.25, 0.3) is 0 Å². The molecule has 2 aromatic rings. The molecule has 2 aromatic carbocycles. The molecule has 0 radical (unpaired) electrons. The van der Waals surface area contributed by atoms with Gasteiger partial charge in [-0.2, -0.15) is 0 Å². The van der Waals surface area contributed by atoms with Crippen molar-refractivity contribution in [2.75, 3.05) is 33.9 Å². The highest BCUT2D eigenvalue weighted by molar-refractivity contribution is 5.89. The Morgan fingerprint density at radius 2 is 1.83 bits per heavy atom. The van der Waals surface area contributed by atoms with Crippen molar-refractivity contribution in [3.05, 3.63) is 59.7 Å². The van der Waals surface area contributed by atoms with E-state index in [0.717, 1.165) is 11.6 Å². The quantitative estimate of drug-likeness (QED) is 0.747. The van der Waals surface area contributed by atoms with Crippen molar-refractivity contribution < 1.29 is 23.1 Å². The molecular weight excluding hydrogens is 378 g/mol. The molecule has 5 nitrogen and oxygen atoms in total. The molecule has 0 aromatic heterocycles. The van der Waals surface area contributed by atoms with Crippen LogP contribution < -0.4 is 0 Å². The van der Waals surface area contributed by atoms with Crippen molar-refractivity contribution in [2.24, 2.45) is 0 Å². The molecule has 1 atom stereocenters. The average Bonchev–Trinajstić information content (AvgIpc) is 2.69. The Bertz CT molecular complexity index is 883. The highest BCUT2D eigenvalue weighted by Crippen LogP contribution is 2.28. The Balaban J connectivity index is 1.94. The summed E-state index contributed by atoms with van der Waals surface area (Å²) in [6, 6.07) is 9.84. The zero-order valence-corrected chi connectivity index (χ0v) is 16.5. The molecule has 1 aliphatic heterocycles. The third-order valence-corrected chi connectivity index (χ3v) is 5.16. The molecule has 1 aliphatic rings. The summed E-state index contributed by atoms with van der Waals surface area (Å²) in [6.45, 7) is 1.18. The molecule has 0 bridgehead atoms. The van der Waals surface area contributed by atoms with E-state index in [1.807, 2.05) is 12.1 Å². The minimum absolute atomic E-state index is 0.146. The summed E-state index contributed by atoms with van der Waals surface area (Å²) in [5.41, 5.74) is 1.78. The summed E-state index contributed by atoms with van der Waals surface area (Å²) in [7, 11) is 3.23. The summed E-state index contributed by atoms with van der Waals surface area (Å²) in [6.07, 6.45) is 0.455. The zero-order valence-electron chi connectivity index (χ0n) is 16.5. The highest BCUT2D eigenvalue weighted by Gasteiger charge is 2.36. The van der Waals surface area contributed by atoms with Crippen molar-refractivity contribution in [1.29, 1.82) is 0 Å². The number of likely N-dealkylation sites (N-methyl/N-ethyl adjacent to an activating group) is 1. The van der Waals surface area contributed by atoms with Crippen molar-refractivity contribution in [2.45, 2.75) is 18.9 Å². The topological polar surface area (TPSA) is 49.9 Å². The van der Waals surface area contributed by atoms with Crippen LogP contribution in [0.2, 0.25) is 0 Å². The van der Waals surface area contributed by atoms with E-state index >= 15 is 0 Å². The van der Waals surface area contributed by atoms with E-state index in [1.165, 1.54) is 19.2 Å². The summed E-state index contributed by atoms with van der Waals surface area (Å²) < 4.78 is 32.5. The first-order valence-electron chi connectivity index (χ1n) is 9.48. The van der Waals surface area contributed by atoms with Crippen molar-refractivity contribution in [3.8, 4) is 11.1 Å². The zero-order chi connectivity index (χ0) is 21.0. The smallest absolute Gasteiger partial charge is 0.245 e. The van der Waals surface area contributed by atoms with Gasteiger partial charge in [-0.3, -0.25) is 9.59 Å². The summed E-state index contributed by atoms with van der Waals surface area (Å²) >= 11 is 0. The van der Waals surface area contributed by atoms with Gasteiger partial charge in [-0.25, -0.2) is 8.78 Å². The number of piperazine rings is 1. The SMILES string of the molecule is COCCC(=O)N1CCN(C)C(=O)C1Cc1ccccc1-c1cc(F)cc(F)c1. The van der Waals surface area contributed by atoms with Crippen LogP contribution >= 0.6 is 0 Å². The number of rotatable bonds is 6. The lowest BCUT2D eigenvalue weighted by molar-refractivity contribution is -0.150. The van der Waals surface area contributed by atoms with E-state index in [-0.39, 0.29) is 31.3 Å². The highest BCUT2D eigenvalue weighted by atomic mass is 19.1. The Morgan fingerprint density at radius 3 is 2.52 bits per heavy atom. The number of hydrogen-bond donors (Lipinski definition) is 0. The fraction of sp³-hybridized carbons (Fsp3) is 0.364. The maximum absolute atomic E-state index is 13.7. The lowest BCUT2D eigenvalue weighted by Crippen LogP contribution is -2.58. The monoisotopic (exact) mass is 402 g/mol. The number of benzene rings is 2. The van der Waals surface area contributed by atoms with Crippen LogP contribution in [0.15, 0.2) is 42.5 Å². The van der Waals surface area contributed by atoms with Crippen molar-refractivity contribution >= 4 is 11.8 Å². The molecule has 0 aliphatic carbocycles. The van der Waals surface area contributed by atoms with E-state index in [2.05, 4.69) is 0 Å². The van der Waals surface area contributed by atoms with Gasteiger partial charge in [-0.15, -0.1) is 0 Å². The molecule has 3 rings (SSSR count). The molecule has 0 N–H and O–H groups in total. The van der Waals surface area contributed by atoms with E-state index in [1.54, 1.807) is 29.0 Å². The van der Waals surface area contributed by atoms with Crippen LogP contribution in [0.5, 0.6) is 0 Å². The predicted molar refractivity (Wildman–Crippen MR) is 105 cm³/mol. The molecule has 1 fully saturated rings. The first-order valence-corrected chi connectivity index (χ1v) is 9.48. The Morgan fingerprint density at radius 1 is 1.14 bits per heavy atom. The fourth-order valence-corrected chi connectivity index (χ4v) is 3.64. The number of hydrogen-bond acceptors (Lipinski definition) is 3. The second kappa shape index (κ2) is 9.13. The van der Waals surface area contributed by atoms with Crippen LogP contribution in [-0.2, 0) is 20.7 Å². The molecule has 29 heavy (non-hydrogen) atoms. The van der Waals surface area contributed by atoms with Crippen LogP contribution in [0.3, 0.4) is 0 Å². The minimum atomic E-state index is -0.669. The third-order valence-electron chi connectivity index (χ3n) is 5.16. The largest absolute Gasteiger partial charge is 0.384 e. The Hall–Kier alpha value is -2.80. The Labute approximate surface area is 168 Å². The van der Waals surface area contributed by atoms with E-state index < -0.39 is 17.7 Å². The van der Waals surface area contributed by atoms with Gasteiger partial charge in [-0.05, 0) is 28.8 Å². The second-order valence-corrected chi connectivity index (χ2v) is 7.12. The molecule has 7 heteroatoms. The van der Waals surface area contributed by atoms with Crippen molar-refractivity contribution in [1.82, 2.24) is 9.80 Å². The van der Waals surface area contributed by atoms with Crippen LogP contribution in [0, 0.1) is 11.6 Å². The second-order valence-electron chi connectivity index (χ2n) is 7.12. The van der Waals surface area contributed by atoms with E-state index in [9.17, 15) is 18.4 Å². The lowest BCUT2D eigenvalue weighted by atomic mass is 9.93. The van der Waals surface area contributed by atoms with Gasteiger partial charge in [0, 0.05) is 39.7 Å². The first kappa shape index (κ1) is 20.9. The van der Waals surface area contributed by atoms with Gasteiger partial charge in [0.15, 0.2) is 0 Å². The van der Waals surface area contributed by atoms with E-state index in [4.69, 9.17) is 4.74 Å². The van der Waals surface area contributed by atoms with E-state index in [0.29, 0.717) is 24.2 Å². The Kier molecular flexibility index (Phi) is 6.59. The number of amides is 2. The molecule has 1 heterocycles. The third kappa shape index (κ3) is 4.79. The maximum atomic E-state index is 13.7. The van der Waals surface area contributed by atoms with Gasteiger partial charge >= 0.3 is 0 Å². The summed E-state index contributed by atoms with van der Waals surface area (Å²) in [4.78, 5) is 28.7. The number of halogens is 2. The first-order chi connectivity index (χ1) is 13.9. The van der Waals surface area contributed by atoms with Gasteiger partial charge < -0.3 is 14.5 Å². The fourth-order valence-electron chi connectivity index (χ4n) is 3.64. The van der Waals surface area contributed by atoms with Gasteiger partial charge in [0.05, 0.1) is 13.0 Å². The van der Waals surface area contributed by atoms with Crippen LogP contribution in [0.4, 0.5) is 8.78 Å². The van der Waals surface area contributed by atoms with Gasteiger partial charge in [0.2, 0.25) is 11.8 Å². The molecule has 1 unspecified atom stereocenters. The molecule has 154 valence electrons. The normalized spacial score (nSPS) is 17.0.